The van der Waals surface area contributed by atoms with Crippen LogP contribution in [0.15, 0.2) is 42.7 Å². The summed E-state index contributed by atoms with van der Waals surface area (Å²) in [4.78, 5) is 19.3. The van der Waals surface area contributed by atoms with Crippen molar-refractivity contribution >= 4 is 11.9 Å². The molecule has 0 aliphatic rings. The van der Waals surface area contributed by atoms with Crippen molar-refractivity contribution in [2.45, 2.75) is 6.61 Å². The minimum atomic E-state index is -0.579. The first-order valence-electron chi connectivity index (χ1n) is 5.61. The smallest absolute Gasteiger partial charge is 0.413 e. The lowest BCUT2D eigenvalue weighted by Crippen LogP contribution is -2.14. The van der Waals surface area contributed by atoms with E-state index in [1.807, 2.05) is 30.3 Å². The molecule has 1 aromatic carbocycles. The summed E-state index contributed by atoms with van der Waals surface area (Å²) in [6.07, 6.45) is 0.718. The molecule has 1 amide bonds. The predicted molar refractivity (Wildman–Crippen MR) is 68.8 cm³/mol. The van der Waals surface area contributed by atoms with Crippen LogP contribution in [0.2, 0.25) is 0 Å². The van der Waals surface area contributed by atoms with Crippen molar-refractivity contribution in [3.8, 4) is 5.88 Å². The molecule has 2 aromatic rings. The number of carbonyl (C=O) groups is 1. The molecule has 0 radical (unpaired) electrons. The lowest BCUT2D eigenvalue weighted by Gasteiger charge is -2.06. The lowest BCUT2D eigenvalue weighted by atomic mass is 10.2. The monoisotopic (exact) mass is 259 g/mol. The van der Waals surface area contributed by atoms with Gasteiger partial charge in [0.15, 0.2) is 0 Å². The van der Waals surface area contributed by atoms with Crippen LogP contribution >= 0.6 is 0 Å². The fourth-order valence-electron chi connectivity index (χ4n) is 1.38. The topological polar surface area (TPSA) is 73.3 Å². The maximum Gasteiger partial charge on any atom is 0.413 e. The van der Waals surface area contributed by atoms with Gasteiger partial charge in [-0.15, -0.1) is 0 Å². The molecule has 1 aromatic heterocycles. The van der Waals surface area contributed by atoms with Gasteiger partial charge in [0.25, 0.3) is 0 Å². The molecule has 0 bridgehead atoms. The molecule has 2 rings (SSSR count). The molecule has 0 aliphatic carbocycles. The van der Waals surface area contributed by atoms with Gasteiger partial charge >= 0.3 is 6.09 Å². The maximum atomic E-state index is 11.6. The number of aromatic nitrogens is 2. The summed E-state index contributed by atoms with van der Waals surface area (Å²) in [5.41, 5.74) is 0.915. The van der Waals surface area contributed by atoms with E-state index in [9.17, 15) is 4.79 Å². The fourth-order valence-corrected chi connectivity index (χ4v) is 1.38. The Kier molecular flexibility index (Phi) is 4.28. The summed E-state index contributed by atoms with van der Waals surface area (Å²) in [5, 5.41) is 2.49. The predicted octanol–water partition coefficient (Wildman–Crippen LogP) is 2.23. The molecule has 1 N–H and O–H groups in total. The number of amides is 1. The third-order valence-corrected chi connectivity index (χ3v) is 2.29. The number of nitrogens with zero attached hydrogens (tertiary/aromatic N) is 2. The lowest BCUT2D eigenvalue weighted by molar-refractivity contribution is 0.155. The van der Waals surface area contributed by atoms with Gasteiger partial charge in [-0.2, -0.15) is 0 Å². The number of methoxy groups -OCH3 is 1. The normalized spacial score (nSPS) is 9.74. The Morgan fingerprint density at radius 1 is 1.26 bits per heavy atom. The minimum absolute atomic E-state index is 0.203. The van der Waals surface area contributed by atoms with Crippen LogP contribution in [0.4, 0.5) is 10.6 Å². The second kappa shape index (κ2) is 6.34. The highest BCUT2D eigenvalue weighted by Gasteiger charge is 2.05. The first-order chi connectivity index (χ1) is 9.28. The quantitative estimate of drug-likeness (QED) is 0.911. The van der Waals surface area contributed by atoms with E-state index in [1.165, 1.54) is 19.5 Å². The minimum Gasteiger partial charge on any atom is -0.481 e. The van der Waals surface area contributed by atoms with Crippen LogP contribution in [0, 0.1) is 0 Å². The molecule has 98 valence electrons. The van der Waals surface area contributed by atoms with Crippen molar-refractivity contribution in [2.24, 2.45) is 0 Å². The van der Waals surface area contributed by atoms with E-state index < -0.39 is 6.09 Å². The van der Waals surface area contributed by atoms with Gasteiger partial charge in [0.2, 0.25) is 5.88 Å². The van der Waals surface area contributed by atoms with Crippen LogP contribution in [0.5, 0.6) is 5.88 Å². The summed E-state index contributed by atoms with van der Waals surface area (Å²) in [7, 11) is 1.49. The molecule has 0 fully saturated rings. The van der Waals surface area contributed by atoms with Gasteiger partial charge in [-0.25, -0.2) is 14.8 Å². The van der Waals surface area contributed by atoms with Crippen molar-refractivity contribution in [1.29, 1.82) is 0 Å². The highest BCUT2D eigenvalue weighted by atomic mass is 16.5. The van der Waals surface area contributed by atoms with Gasteiger partial charge in [0.1, 0.15) is 18.8 Å². The van der Waals surface area contributed by atoms with E-state index in [4.69, 9.17) is 9.47 Å². The highest BCUT2D eigenvalue weighted by Crippen LogP contribution is 2.10. The number of nitrogens with one attached hydrogen (secondary N) is 1. The summed E-state index contributed by atoms with van der Waals surface area (Å²) in [6, 6.07) is 10.9. The third-order valence-electron chi connectivity index (χ3n) is 2.29. The van der Waals surface area contributed by atoms with Crippen molar-refractivity contribution < 1.29 is 14.3 Å². The third kappa shape index (κ3) is 3.95. The number of benzene rings is 1. The van der Waals surface area contributed by atoms with Crippen LogP contribution < -0.4 is 10.1 Å². The number of rotatable bonds is 4. The fraction of sp³-hybridized carbons (Fsp3) is 0.154. The van der Waals surface area contributed by atoms with Crippen molar-refractivity contribution in [1.82, 2.24) is 9.97 Å². The van der Waals surface area contributed by atoms with Gasteiger partial charge < -0.3 is 9.47 Å². The molecule has 0 atom stereocenters. The van der Waals surface area contributed by atoms with Crippen LogP contribution in [0.25, 0.3) is 0 Å². The van der Waals surface area contributed by atoms with E-state index in [0.717, 1.165) is 5.56 Å². The van der Waals surface area contributed by atoms with E-state index in [0.29, 0.717) is 11.7 Å². The van der Waals surface area contributed by atoms with Gasteiger partial charge in [-0.1, -0.05) is 30.3 Å². The van der Waals surface area contributed by atoms with Crippen molar-refractivity contribution in [2.75, 3.05) is 12.4 Å². The Hall–Kier alpha value is -2.63. The molecule has 0 saturated heterocycles. The van der Waals surface area contributed by atoms with E-state index in [1.54, 1.807) is 0 Å². The van der Waals surface area contributed by atoms with E-state index >= 15 is 0 Å². The Morgan fingerprint density at radius 3 is 2.79 bits per heavy atom. The van der Waals surface area contributed by atoms with Crippen LogP contribution in [-0.2, 0) is 11.3 Å². The second-order valence-electron chi connectivity index (χ2n) is 3.63. The molecule has 1 heterocycles. The van der Waals surface area contributed by atoms with Gasteiger partial charge in [-0.3, -0.25) is 5.32 Å². The van der Waals surface area contributed by atoms with Crippen LogP contribution in [0.3, 0.4) is 0 Å². The maximum absolute atomic E-state index is 11.6. The first-order valence-corrected chi connectivity index (χ1v) is 5.61. The molecule has 0 unspecified atom stereocenters. The van der Waals surface area contributed by atoms with Crippen LogP contribution in [0.1, 0.15) is 5.56 Å². The summed E-state index contributed by atoms with van der Waals surface area (Å²) >= 11 is 0. The zero-order valence-electron chi connectivity index (χ0n) is 10.4. The number of carbonyl (C=O) groups excluding carboxylic acids is 1. The SMILES string of the molecule is COc1cc(NC(=O)OCc2ccccc2)ncn1. The van der Waals surface area contributed by atoms with Gasteiger partial charge in [-0.05, 0) is 5.56 Å². The standard InChI is InChI=1S/C13H13N3O3/c1-18-12-7-11(14-9-15-12)16-13(17)19-8-10-5-3-2-4-6-10/h2-7,9H,8H2,1H3,(H,14,15,16,17). The first kappa shape index (κ1) is 12.8. The number of hydrogen-bond acceptors (Lipinski definition) is 5. The van der Waals surface area contributed by atoms with Crippen molar-refractivity contribution in [3.63, 3.8) is 0 Å². The average Bonchev–Trinajstić information content (AvgIpc) is 2.46. The zero-order chi connectivity index (χ0) is 13.5. The Labute approximate surface area is 110 Å². The molecule has 19 heavy (non-hydrogen) atoms. The Bertz CT molecular complexity index is 546. The van der Waals surface area contributed by atoms with Gasteiger partial charge in [0, 0.05) is 6.07 Å². The molecule has 0 aliphatic heterocycles. The zero-order valence-corrected chi connectivity index (χ0v) is 10.4. The number of anilines is 1. The molecular weight excluding hydrogens is 246 g/mol. The highest BCUT2D eigenvalue weighted by molar-refractivity contribution is 5.83. The summed E-state index contributed by atoms with van der Waals surface area (Å²) < 4.78 is 9.98. The van der Waals surface area contributed by atoms with Crippen molar-refractivity contribution in [3.05, 3.63) is 48.3 Å². The largest absolute Gasteiger partial charge is 0.481 e. The Balaban J connectivity index is 1.87. The molecule has 6 nitrogen and oxygen atoms in total. The number of hydrogen-bond donors (Lipinski definition) is 1. The number of ether oxygens (including phenoxy) is 2. The molecule has 0 spiro atoms. The van der Waals surface area contributed by atoms with Crippen LogP contribution in [-0.4, -0.2) is 23.2 Å². The molecule has 6 heteroatoms. The second-order valence-corrected chi connectivity index (χ2v) is 3.63. The summed E-state index contributed by atoms with van der Waals surface area (Å²) in [5.74, 6) is 0.693. The van der Waals surface area contributed by atoms with E-state index in [-0.39, 0.29) is 6.61 Å². The average molecular weight is 259 g/mol. The molecule has 0 saturated carbocycles. The molecular formula is C13H13N3O3. The summed E-state index contributed by atoms with van der Waals surface area (Å²) in [6.45, 7) is 0.203. The Morgan fingerprint density at radius 2 is 2.05 bits per heavy atom. The van der Waals surface area contributed by atoms with Gasteiger partial charge in [0.05, 0.1) is 7.11 Å². The van der Waals surface area contributed by atoms with E-state index in [2.05, 4.69) is 15.3 Å².